The molecule has 7 heteroatoms. The fourth-order valence-corrected chi connectivity index (χ4v) is 5.06. The van der Waals surface area contributed by atoms with Gasteiger partial charge in [0.15, 0.2) is 0 Å². The van der Waals surface area contributed by atoms with Crippen LogP contribution in [0.4, 0.5) is 0 Å². The first-order valence-electron chi connectivity index (χ1n) is 9.34. The van der Waals surface area contributed by atoms with E-state index < -0.39 is 0 Å². The molecule has 2 amide bonds. The van der Waals surface area contributed by atoms with Crippen molar-refractivity contribution in [1.29, 1.82) is 0 Å². The third kappa shape index (κ3) is 4.53. The highest BCUT2D eigenvalue weighted by Gasteiger charge is 2.34. The number of halogens is 2. The molecule has 2 heterocycles. The molecule has 1 atom stereocenters. The Kier molecular flexibility index (Phi) is 6.69. The molecule has 1 aliphatic heterocycles. The van der Waals surface area contributed by atoms with Crippen molar-refractivity contribution in [3.8, 4) is 0 Å². The maximum atomic E-state index is 13.3. The zero-order chi connectivity index (χ0) is 20.4. The molecule has 28 heavy (non-hydrogen) atoms. The summed E-state index contributed by atoms with van der Waals surface area (Å²) in [5.74, 6) is 0.142. The topological polar surface area (TPSA) is 40.6 Å². The van der Waals surface area contributed by atoms with E-state index in [1.165, 1.54) is 11.8 Å². The van der Waals surface area contributed by atoms with Gasteiger partial charge >= 0.3 is 0 Å². The Morgan fingerprint density at radius 3 is 2.64 bits per heavy atom. The van der Waals surface area contributed by atoms with Crippen molar-refractivity contribution < 1.29 is 9.59 Å². The number of carbonyl (C=O) groups excluding carboxylic acids is 2. The molecular formula is C21H24Cl2N2O2S. The lowest BCUT2D eigenvalue weighted by Gasteiger charge is -2.38. The van der Waals surface area contributed by atoms with E-state index in [2.05, 4.69) is 11.4 Å². The molecule has 1 aromatic heterocycles. The first-order chi connectivity index (χ1) is 13.3. The van der Waals surface area contributed by atoms with Crippen molar-refractivity contribution in [3.05, 3.63) is 55.7 Å². The van der Waals surface area contributed by atoms with E-state index >= 15 is 0 Å². The Balaban J connectivity index is 1.94. The van der Waals surface area contributed by atoms with Crippen LogP contribution in [-0.2, 0) is 16.0 Å². The smallest absolute Gasteiger partial charge is 0.242 e. The van der Waals surface area contributed by atoms with Crippen LogP contribution in [0, 0.1) is 5.92 Å². The van der Waals surface area contributed by atoms with Gasteiger partial charge in [0.05, 0.1) is 12.6 Å². The first-order valence-corrected chi connectivity index (χ1v) is 11.0. The molecule has 0 aliphatic carbocycles. The first kappa shape index (κ1) is 21.2. The normalized spacial score (nSPS) is 16.2. The number of amides is 2. The van der Waals surface area contributed by atoms with E-state index in [9.17, 15) is 9.59 Å². The molecule has 3 rings (SSSR count). The minimum absolute atomic E-state index is 0.0660. The standard InChI is InChI=1S/C21H24Cl2N2O2S/c1-13(2)11-24(14(3)26)12-20(27)25-8-6-19-17(7-9-28-19)21(25)16-5-4-15(22)10-18(16)23/h4-5,7,9-10,13,21H,6,8,11-12H2,1-3H3. The van der Waals surface area contributed by atoms with Gasteiger partial charge in [0.1, 0.15) is 0 Å². The van der Waals surface area contributed by atoms with Gasteiger partial charge < -0.3 is 9.80 Å². The maximum Gasteiger partial charge on any atom is 0.242 e. The number of hydrogen-bond acceptors (Lipinski definition) is 3. The van der Waals surface area contributed by atoms with E-state index in [4.69, 9.17) is 23.2 Å². The number of fused-ring (bicyclic) bond motifs is 1. The number of nitrogens with zero attached hydrogens (tertiary/aromatic N) is 2. The molecule has 0 spiro atoms. The Bertz CT molecular complexity index is 881. The summed E-state index contributed by atoms with van der Waals surface area (Å²) in [7, 11) is 0. The predicted octanol–water partition coefficient (Wildman–Crippen LogP) is 5.03. The third-order valence-electron chi connectivity index (χ3n) is 4.90. The van der Waals surface area contributed by atoms with Crippen LogP contribution in [0.25, 0.3) is 0 Å². The van der Waals surface area contributed by atoms with E-state index in [0.29, 0.717) is 29.1 Å². The van der Waals surface area contributed by atoms with Gasteiger partial charge in [-0.15, -0.1) is 11.3 Å². The largest absolute Gasteiger partial charge is 0.333 e. The minimum atomic E-state index is -0.264. The lowest BCUT2D eigenvalue weighted by Crippen LogP contribution is -2.47. The quantitative estimate of drug-likeness (QED) is 0.656. The van der Waals surface area contributed by atoms with Crippen molar-refractivity contribution in [3.63, 3.8) is 0 Å². The van der Waals surface area contributed by atoms with Gasteiger partial charge in [-0.25, -0.2) is 0 Å². The molecule has 0 N–H and O–H groups in total. The number of rotatable bonds is 5. The fourth-order valence-electron chi connectivity index (χ4n) is 3.64. The monoisotopic (exact) mass is 438 g/mol. The average molecular weight is 439 g/mol. The molecule has 0 bridgehead atoms. The van der Waals surface area contributed by atoms with Gasteiger partial charge in [-0.1, -0.05) is 43.1 Å². The second kappa shape index (κ2) is 8.85. The zero-order valence-electron chi connectivity index (χ0n) is 16.2. The molecule has 4 nitrogen and oxygen atoms in total. The molecule has 0 saturated heterocycles. The van der Waals surface area contributed by atoms with E-state index in [1.807, 2.05) is 24.8 Å². The van der Waals surface area contributed by atoms with E-state index in [0.717, 1.165) is 17.5 Å². The second-order valence-electron chi connectivity index (χ2n) is 7.50. The summed E-state index contributed by atoms with van der Waals surface area (Å²) in [6.45, 7) is 6.82. The van der Waals surface area contributed by atoms with Crippen LogP contribution in [0.15, 0.2) is 29.6 Å². The van der Waals surface area contributed by atoms with Gasteiger partial charge in [-0.3, -0.25) is 9.59 Å². The van der Waals surface area contributed by atoms with Crippen LogP contribution >= 0.6 is 34.5 Å². The summed E-state index contributed by atoms with van der Waals surface area (Å²) >= 11 is 14.3. The molecule has 0 saturated carbocycles. The molecule has 1 unspecified atom stereocenters. The Morgan fingerprint density at radius 2 is 2.00 bits per heavy atom. The van der Waals surface area contributed by atoms with Gasteiger partial charge in [-0.05, 0) is 47.0 Å². The molecule has 0 fully saturated rings. The van der Waals surface area contributed by atoms with Gasteiger partial charge in [0.2, 0.25) is 11.8 Å². The third-order valence-corrected chi connectivity index (χ3v) is 6.46. The molecule has 150 valence electrons. The number of hydrogen-bond donors (Lipinski definition) is 0. The highest BCUT2D eigenvalue weighted by atomic mass is 35.5. The summed E-state index contributed by atoms with van der Waals surface area (Å²) in [6.07, 6.45) is 0.810. The lowest BCUT2D eigenvalue weighted by atomic mass is 9.93. The summed E-state index contributed by atoms with van der Waals surface area (Å²) in [5, 5.41) is 3.16. The summed E-state index contributed by atoms with van der Waals surface area (Å²) in [6, 6.07) is 7.19. The molecule has 1 aromatic carbocycles. The Morgan fingerprint density at radius 1 is 1.25 bits per heavy atom. The van der Waals surface area contributed by atoms with Crippen LogP contribution in [0.3, 0.4) is 0 Å². The summed E-state index contributed by atoms with van der Waals surface area (Å²) in [5.41, 5.74) is 1.96. The van der Waals surface area contributed by atoms with Crippen LogP contribution in [0.2, 0.25) is 10.0 Å². The average Bonchev–Trinajstić information content (AvgIpc) is 3.09. The highest BCUT2D eigenvalue weighted by Crippen LogP contribution is 2.41. The van der Waals surface area contributed by atoms with Crippen molar-refractivity contribution in [2.24, 2.45) is 5.92 Å². The van der Waals surface area contributed by atoms with Crippen molar-refractivity contribution in [2.45, 2.75) is 33.2 Å². The number of thiophene rings is 1. The minimum Gasteiger partial charge on any atom is -0.333 e. The van der Waals surface area contributed by atoms with Crippen molar-refractivity contribution >= 4 is 46.4 Å². The van der Waals surface area contributed by atoms with Crippen LogP contribution in [-0.4, -0.2) is 41.2 Å². The van der Waals surface area contributed by atoms with Crippen LogP contribution < -0.4 is 0 Å². The molecule has 0 radical (unpaired) electrons. The van der Waals surface area contributed by atoms with E-state index in [1.54, 1.807) is 28.4 Å². The van der Waals surface area contributed by atoms with Gasteiger partial charge in [0.25, 0.3) is 0 Å². The SMILES string of the molecule is CC(=O)N(CC(=O)N1CCc2sccc2C1c1ccc(Cl)cc1Cl)CC(C)C. The second-order valence-corrected chi connectivity index (χ2v) is 9.34. The van der Waals surface area contributed by atoms with Crippen molar-refractivity contribution in [1.82, 2.24) is 9.80 Å². The predicted molar refractivity (Wildman–Crippen MR) is 115 cm³/mol. The van der Waals surface area contributed by atoms with Crippen LogP contribution in [0.5, 0.6) is 0 Å². The molecular weight excluding hydrogens is 415 g/mol. The fraction of sp³-hybridized carbons (Fsp3) is 0.429. The molecule has 1 aliphatic rings. The van der Waals surface area contributed by atoms with Gasteiger partial charge in [-0.2, -0.15) is 0 Å². The Hall–Kier alpha value is -1.56. The summed E-state index contributed by atoms with van der Waals surface area (Å²) < 4.78 is 0. The van der Waals surface area contributed by atoms with Crippen LogP contribution in [0.1, 0.15) is 42.8 Å². The lowest BCUT2D eigenvalue weighted by molar-refractivity contribution is -0.141. The maximum absolute atomic E-state index is 13.3. The number of carbonyl (C=O) groups is 2. The number of benzene rings is 1. The highest BCUT2D eigenvalue weighted by molar-refractivity contribution is 7.10. The zero-order valence-corrected chi connectivity index (χ0v) is 18.6. The Labute approximate surface area is 180 Å². The van der Waals surface area contributed by atoms with Crippen molar-refractivity contribution in [2.75, 3.05) is 19.6 Å². The molecule has 2 aromatic rings. The summed E-state index contributed by atoms with van der Waals surface area (Å²) in [4.78, 5) is 30.0. The van der Waals surface area contributed by atoms with Gasteiger partial charge in [0, 0.05) is 34.9 Å². The van der Waals surface area contributed by atoms with E-state index in [-0.39, 0.29) is 24.4 Å².